The fourth-order valence-electron chi connectivity index (χ4n) is 4.06. The zero-order valence-corrected chi connectivity index (χ0v) is 17.3. The number of amides is 1. The Balaban J connectivity index is 1.47. The van der Waals surface area contributed by atoms with Crippen LogP contribution in [-0.4, -0.2) is 49.1 Å². The molecular weight excluding hydrogens is 402 g/mol. The number of hydrogen-bond donors (Lipinski definition) is 1. The lowest BCUT2D eigenvalue weighted by Gasteiger charge is -2.25. The van der Waals surface area contributed by atoms with Crippen LogP contribution >= 0.6 is 0 Å². The Morgan fingerprint density at radius 1 is 1.19 bits per heavy atom. The Morgan fingerprint density at radius 3 is 2.77 bits per heavy atom. The number of nitrogens with one attached hydrogen (secondary N) is 1. The summed E-state index contributed by atoms with van der Waals surface area (Å²) in [5, 5.41) is 13.8. The van der Waals surface area contributed by atoms with Gasteiger partial charge in [0.2, 0.25) is 5.91 Å². The maximum atomic E-state index is 12.7. The van der Waals surface area contributed by atoms with E-state index in [-0.39, 0.29) is 29.9 Å². The largest absolute Gasteiger partial charge is 0.495 e. The van der Waals surface area contributed by atoms with E-state index in [1.54, 1.807) is 0 Å². The fourth-order valence-corrected chi connectivity index (χ4v) is 4.06. The molecule has 1 saturated heterocycles. The van der Waals surface area contributed by atoms with E-state index in [1.807, 2.05) is 18.2 Å². The van der Waals surface area contributed by atoms with Crippen molar-refractivity contribution in [2.45, 2.75) is 25.3 Å². The van der Waals surface area contributed by atoms with Gasteiger partial charge in [-0.2, -0.15) is 0 Å². The van der Waals surface area contributed by atoms with E-state index in [2.05, 4.69) is 10.2 Å². The molecule has 2 aromatic carbocycles. The number of anilines is 1. The van der Waals surface area contributed by atoms with Gasteiger partial charge in [0, 0.05) is 24.6 Å². The Hall–Kier alpha value is -3.33. The number of benzene rings is 2. The first-order valence-electron chi connectivity index (χ1n) is 10.3. The minimum absolute atomic E-state index is 0.0925. The number of nitro benzene ring substituents is 1. The van der Waals surface area contributed by atoms with E-state index < -0.39 is 4.92 Å². The van der Waals surface area contributed by atoms with Crippen molar-refractivity contribution >= 4 is 17.3 Å². The number of methoxy groups -OCH3 is 1. The predicted molar refractivity (Wildman–Crippen MR) is 114 cm³/mol. The number of likely N-dealkylation sites (tertiary alicyclic amines) is 1. The third kappa shape index (κ3) is 4.72. The number of non-ortho nitro benzene ring substituents is 1. The van der Waals surface area contributed by atoms with Gasteiger partial charge in [0.1, 0.15) is 5.75 Å². The van der Waals surface area contributed by atoms with Crippen molar-refractivity contribution in [3.05, 3.63) is 52.1 Å². The topological polar surface area (TPSA) is 103 Å². The molecule has 31 heavy (non-hydrogen) atoms. The number of ether oxygens (including phenoxy) is 3. The van der Waals surface area contributed by atoms with Gasteiger partial charge in [-0.1, -0.05) is 6.07 Å². The molecule has 9 heteroatoms. The van der Waals surface area contributed by atoms with Crippen LogP contribution in [0, 0.1) is 10.1 Å². The zero-order chi connectivity index (χ0) is 21.8. The zero-order valence-electron chi connectivity index (χ0n) is 17.3. The first kappa shape index (κ1) is 20.9. The number of carbonyl (C=O) groups excluding carboxylic acids is 1. The van der Waals surface area contributed by atoms with Crippen LogP contribution in [0.25, 0.3) is 0 Å². The lowest BCUT2D eigenvalue weighted by molar-refractivity contribution is -0.384. The average Bonchev–Trinajstić information content (AvgIpc) is 3.08. The second-order valence-corrected chi connectivity index (χ2v) is 7.58. The van der Waals surface area contributed by atoms with Gasteiger partial charge in [0.15, 0.2) is 11.5 Å². The molecule has 0 aliphatic carbocycles. The first-order chi connectivity index (χ1) is 15.0. The van der Waals surface area contributed by atoms with Crippen LogP contribution in [0.2, 0.25) is 0 Å². The Bertz CT molecular complexity index is 980. The smallest absolute Gasteiger partial charge is 0.271 e. The molecule has 0 spiro atoms. The summed E-state index contributed by atoms with van der Waals surface area (Å²) in [6.45, 7) is 2.23. The summed E-state index contributed by atoms with van der Waals surface area (Å²) in [5.74, 6) is 1.62. The first-order valence-corrected chi connectivity index (χ1v) is 10.3. The minimum atomic E-state index is -0.504. The fraction of sp³-hybridized carbons (Fsp3) is 0.409. The van der Waals surface area contributed by atoms with Crippen LogP contribution in [0.3, 0.4) is 0 Å². The number of carbonyl (C=O) groups is 1. The number of hydrogen-bond acceptors (Lipinski definition) is 7. The van der Waals surface area contributed by atoms with Gasteiger partial charge in [0.05, 0.1) is 37.5 Å². The monoisotopic (exact) mass is 427 g/mol. The molecule has 1 amide bonds. The summed E-state index contributed by atoms with van der Waals surface area (Å²) in [6, 6.07) is 10.2. The quantitative estimate of drug-likeness (QED) is 0.555. The molecule has 1 atom stereocenters. The molecule has 164 valence electrons. The minimum Gasteiger partial charge on any atom is -0.495 e. The molecule has 0 radical (unpaired) electrons. The summed E-state index contributed by atoms with van der Waals surface area (Å²) in [6.07, 6.45) is 2.76. The average molecular weight is 427 g/mol. The summed E-state index contributed by atoms with van der Waals surface area (Å²) in [7, 11) is 1.46. The van der Waals surface area contributed by atoms with Crippen molar-refractivity contribution in [3.63, 3.8) is 0 Å². The molecule has 2 aliphatic heterocycles. The molecule has 0 saturated carbocycles. The lowest BCUT2D eigenvalue weighted by Crippen LogP contribution is -2.33. The second kappa shape index (κ2) is 9.22. The van der Waals surface area contributed by atoms with Crippen LogP contribution in [0.1, 0.15) is 30.9 Å². The van der Waals surface area contributed by atoms with Gasteiger partial charge < -0.3 is 19.5 Å². The highest BCUT2D eigenvalue weighted by Crippen LogP contribution is 2.38. The SMILES string of the molecule is COc1ccc([N+](=O)[O-])cc1NC(=O)CN1CCC[C@H]1c1ccc2c(c1)OCCCO2. The Morgan fingerprint density at radius 2 is 2.00 bits per heavy atom. The van der Waals surface area contributed by atoms with Crippen LogP contribution < -0.4 is 19.5 Å². The molecule has 4 rings (SSSR count). The maximum absolute atomic E-state index is 12.7. The van der Waals surface area contributed by atoms with Crippen LogP contribution in [0.5, 0.6) is 17.2 Å². The van der Waals surface area contributed by atoms with E-state index in [4.69, 9.17) is 14.2 Å². The lowest BCUT2D eigenvalue weighted by atomic mass is 10.0. The number of nitrogens with zero attached hydrogens (tertiary/aromatic N) is 2. The molecule has 1 fully saturated rings. The van der Waals surface area contributed by atoms with E-state index in [9.17, 15) is 14.9 Å². The van der Waals surface area contributed by atoms with Crippen LogP contribution in [0.15, 0.2) is 36.4 Å². The molecule has 0 aromatic heterocycles. The highest BCUT2D eigenvalue weighted by Gasteiger charge is 2.29. The summed E-state index contributed by atoms with van der Waals surface area (Å²) < 4.78 is 16.7. The van der Waals surface area contributed by atoms with Crippen molar-refractivity contribution in [2.75, 3.05) is 38.7 Å². The molecule has 0 unspecified atom stereocenters. The summed E-state index contributed by atoms with van der Waals surface area (Å²) >= 11 is 0. The molecular formula is C22H25N3O6. The highest BCUT2D eigenvalue weighted by molar-refractivity contribution is 5.94. The number of fused-ring (bicyclic) bond motifs is 1. The maximum Gasteiger partial charge on any atom is 0.271 e. The second-order valence-electron chi connectivity index (χ2n) is 7.58. The van der Waals surface area contributed by atoms with Gasteiger partial charge in [-0.15, -0.1) is 0 Å². The van der Waals surface area contributed by atoms with Gasteiger partial charge >= 0.3 is 0 Å². The van der Waals surface area contributed by atoms with E-state index in [0.29, 0.717) is 19.0 Å². The van der Waals surface area contributed by atoms with E-state index in [1.165, 1.54) is 25.3 Å². The Kier molecular flexibility index (Phi) is 6.22. The van der Waals surface area contributed by atoms with E-state index in [0.717, 1.165) is 42.9 Å². The standard InChI is InChI=1S/C22H25N3O6/c1-29-19-8-6-16(25(27)28)13-17(19)23-22(26)14-24-9-2-4-18(24)15-5-7-20-21(12-15)31-11-3-10-30-20/h5-8,12-13,18H,2-4,9-11,14H2,1H3,(H,23,26)/t18-/m0/s1. The van der Waals surface area contributed by atoms with Crippen molar-refractivity contribution in [1.82, 2.24) is 4.90 Å². The molecule has 2 aliphatic rings. The van der Waals surface area contributed by atoms with Crippen molar-refractivity contribution in [2.24, 2.45) is 0 Å². The summed E-state index contributed by atoms with van der Waals surface area (Å²) in [4.78, 5) is 25.4. The molecule has 1 N–H and O–H groups in total. The number of nitro groups is 1. The molecule has 2 aromatic rings. The Labute approximate surface area is 180 Å². The van der Waals surface area contributed by atoms with E-state index >= 15 is 0 Å². The summed E-state index contributed by atoms with van der Waals surface area (Å²) in [5.41, 5.74) is 1.26. The number of rotatable bonds is 6. The molecule has 2 heterocycles. The van der Waals surface area contributed by atoms with Crippen LogP contribution in [-0.2, 0) is 4.79 Å². The highest BCUT2D eigenvalue weighted by atomic mass is 16.6. The molecule has 9 nitrogen and oxygen atoms in total. The van der Waals surface area contributed by atoms with Gasteiger partial charge in [0.25, 0.3) is 5.69 Å². The van der Waals surface area contributed by atoms with Crippen molar-refractivity contribution in [3.8, 4) is 17.2 Å². The van der Waals surface area contributed by atoms with Crippen molar-refractivity contribution < 1.29 is 23.9 Å². The predicted octanol–water partition coefficient (Wildman–Crippen LogP) is 3.54. The van der Waals surface area contributed by atoms with Gasteiger partial charge in [-0.05, 0) is 43.1 Å². The third-order valence-electron chi connectivity index (χ3n) is 5.53. The van der Waals surface area contributed by atoms with Gasteiger partial charge in [-0.25, -0.2) is 0 Å². The van der Waals surface area contributed by atoms with Crippen molar-refractivity contribution in [1.29, 1.82) is 0 Å². The third-order valence-corrected chi connectivity index (χ3v) is 5.53. The normalized spacial score (nSPS) is 18.3. The van der Waals surface area contributed by atoms with Crippen LogP contribution in [0.4, 0.5) is 11.4 Å². The van der Waals surface area contributed by atoms with Gasteiger partial charge in [-0.3, -0.25) is 19.8 Å². The molecule has 0 bridgehead atoms.